The average Bonchev–Trinajstić information content (AvgIpc) is 3.32. The van der Waals surface area contributed by atoms with Crippen LogP contribution in [-0.2, 0) is 19.4 Å². The van der Waals surface area contributed by atoms with E-state index in [4.69, 9.17) is 9.51 Å². The van der Waals surface area contributed by atoms with Crippen molar-refractivity contribution in [3.05, 3.63) is 76.6 Å². The second-order valence-corrected chi connectivity index (χ2v) is 7.73. The predicted octanol–water partition coefficient (Wildman–Crippen LogP) is 3.35. The van der Waals surface area contributed by atoms with E-state index < -0.39 is 0 Å². The van der Waals surface area contributed by atoms with Gasteiger partial charge in [0.05, 0.1) is 35.4 Å². The number of nitrogens with one attached hydrogen (secondary N) is 1. The van der Waals surface area contributed by atoms with Crippen LogP contribution < -0.4 is 5.32 Å². The van der Waals surface area contributed by atoms with E-state index in [-0.39, 0.29) is 12.5 Å². The molecule has 1 aliphatic carbocycles. The normalized spacial score (nSPS) is 12.7. The van der Waals surface area contributed by atoms with Crippen molar-refractivity contribution in [1.82, 2.24) is 30.2 Å². The number of benzene rings is 1. The van der Waals surface area contributed by atoms with Crippen LogP contribution in [0.5, 0.6) is 0 Å². The third kappa shape index (κ3) is 3.61. The second kappa shape index (κ2) is 7.79. The third-order valence-corrected chi connectivity index (χ3v) is 5.56. The molecule has 0 spiro atoms. The average molecular weight is 414 g/mol. The van der Waals surface area contributed by atoms with Gasteiger partial charge in [-0.05, 0) is 44.2 Å². The van der Waals surface area contributed by atoms with Gasteiger partial charge in [0.25, 0.3) is 11.9 Å². The topological polar surface area (TPSA) is 98.7 Å². The Morgan fingerprint density at radius 3 is 2.84 bits per heavy atom. The Bertz CT molecular complexity index is 1270. The molecular weight excluding hydrogens is 392 g/mol. The SMILES string of the molecule is Cc1cc(CNC(=O)c2cnn(-c3ncc4c(n3)-c3ccccc3CCC4)c2C)on1. The minimum absolute atomic E-state index is 0.238. The number of hydrogen-bond acceptors (Lipinski definition) is 6. The van der Waals surface area contributed by atoms with Crippen molar-refractivity contribution < 1.29 is 9.32 Å². The molecule has 0 saturated heterocycles. The molecular formula is C23H22N6O2. The summed E-state index contributed by atoms with van der Waals surface area (Å²) in [5.41, 5.74) is 6.44. The van der Waals surface area contributed by atoms with Gasteiger partial charge in [-0.25, -0.2) is 14.6 Å². The summed E-state index contributed by atoms with van der Waals surface area (Å²) >= 11 is 0. The lowest BCUT2D eigenvalue weighted by atomic mass is 10.0. The van der Waals surface area contributed by atoms with Gasteiger partial charge in [-0.3, -0.25) is 4.79 Å². The summed E-state index contributed by atoms with van der Waals surface area (Å²) in [7, 11) is 0. The molecule has 1 aromatic carbocycles. The molecule has 3 heterocycles. The van der Waals surface area contributed by atoms with Crippen molar-refractivity contribution in [3.8, 4) is 17.2 Å². The van der Waals surface area contributed by atoms with Crippen molar-refractivity contribution in [2.45, 2.75) is 39.7 Å². The number of aromatic nitrogens is 5. The quantitative estimate of drug-likeness (QED) is 0.550. The first kappa shape index (κ1) is 19.2. The van der Waals surface area contributed by atoms with E-state index in [0.29, 0.717) is 23.0 Å². The van der Waals surface area contributed by atoms with Gasteiger partial charge in [0.15, 0.2) is 5.76 Å². The summed E-state index contributed by atoms with van der Waals surface area (Å²) in [5, 5.41) is 11.1. The van der Waals surface area contributed by atoms with Gasteiger partial charge >= 0.3 is 0 Å². The Labute approximate surface area is 179 Å². The number of nitrogens with zero attached hydrogens (tertiary/aromatic N) is 5. The molecule has 3 aromatic heterocycles. The number of rotatable bonds is 4. The van der Waals surface area contributed by atoms with E-state index in [9.17, 15) is 4.79 Å². The summed E-state index contributed by atoms with van der Waals surface area (Å²) < 4.78 is 6.75. The first-order valence-corrected chi connectivity index (χ1v) is 10.3. The lowest BCUT2D eigenvalue weighted by Gasteiger charge is -2.10. The maximum atomic E-state index is 12.7. The Morgan fingerprint density at radius 2 is 2.00 bits per heavy atom. The summed E-state index contributed by atoms with van der Waals surface area (Å²) in [4.78, 5) is 22.1. The highest BCUT2D eigenvalue weighted by atomic mass is 16.5. The number of carbonyl (C=O) groups is 1. The van der Waals surface area contributed by atoms with Gasteiger partial charge in [-0.2, -0.15) is 5.10 Å². The number of hydrogen-bond donors (Lipinski definition) is 1. The van der Waals surface area contributed by atoms with Crippen LogP contribution in [0.15, 0.2) is 47.2 Å². The van der Waals surface area contributed by atoms with Crippen molar-refractivity contribution in [2.75, 3.05) is 0 Å². The summed E-state index contributed by atoms with van der Waals surface area (Å²) in [6, 6.07) is 10.2. The summed E-state index contributed by atoms with van der Waals surface area (Å²) in [6.07, 6.45) is 6.46. The first-order valence-electron chi connectivity index (χ1n) is 10.3. The highest BCUT2D eigenvalue weighted by molar-refractivity contribution is 5.95. The fraction of sp³-hybridized carbons (Fsp3) is 0.261. The molecule has 0 bridgehead atoms. The third-order valence-electron chi connectivity index (χ3n) is 5.56. The van der Waals surface area contributed by atoms with Crippen LogP contribution in [0.3, 0.4) is 0 Å². The maximum absolute atomic E-state index is 12.7. The molecule has 31 heavy (non-hydrogen) atoms. The number of carbonyl (C=O) groups excluding carboxylic acids is 1. The molecule has 1 aliphatic rings. The van der Waals surface area contributed by atoms with Gasteiger partial charge in [-0.1, -0.05) is 29.4 Å². The van der Waals surface area contributed by atoms with Crippen molar-refractivity contribution in [2.24, 2.45) is 0 Å². The van der Waals surface area contributed by atoms with Gasteiger partial charge in [0.1, 0.15) is 0 Å². The number of amides is 1. The Morgan fingerprint density at radius 1 is 1.16 bits per heavy atom. The van der Waals surface area contributed by atoms with Crippen LogP contribution >= 0.6 is 0 Å². The van der Waals surface area contributed by atoms with E-state index >= 15 is 0 Å². The highest BCUT2D eigenvalue weighted by Crippen LogP contribution is 2.31. The van der Waals surface area contributed by atoms with Crippen molar-refractivity contribution in [1.29, 1.82) is 0 Å². The van der Waals surface area contributed by atoms with Crippen LogP contribution in [0.2, 0.25) is 0 Å². The molecule has 0 aliphatic heterocycles. The predicted molar refractivity (Wildman–Crippen MR) is 114 cm³/mol. The van der Waals surface area contributed by atoms with Crippen molar-refractivity contribution >= 4 is 5.91 Å². The minimum Gasteiger partial charge on any atom is -0.359 e. The first-order chi connectivity index (χ1) is 15.1. The Kier molecular flexibility index (Phi) is 4.82. The fourth-order valence-corrected chi connectivity index (χ4v) is 3.95. The van der Waals surface area contributed by atoms with Gasteiger partial charge in [-0.15, -0.1) is 0 Å². The van der Waals surface area contributed by atoms with E-state index in [1.807, 2.05) is 26.1 Å². The zero-order valence-corrected chi connectivity index (χ0v) is 17.4. The van der Waals surface area contributed by atoms with Crippen LogP contribution in [0.1, 0.15) is 45.1 Å². The molecule has 156 valence electrons. The zero-order valence-electron chi connectivity index (χ0n) is 17.4. The van der Waals surface area contributed by atoms with E-state index in [0.717, 1.165) is 41.8 Å². The van der Waals surface area contributed by atoms with Crippen LogP contribution in [-0.4, -0.2) is 30.8 Å². The number of aryl methyl sites for hydroxylation is 3. The van der Waals surface area contributed by atoms with Crippen LogP contribution in [0.4, 0.5) is 0 Å². The lowest BCUT2D eigenvalue weighted by molar-refractivity contribution is 0.0946. The number of fused-ring (bicyclic) bond motifs is 3. The lowest BCUT2D eigenvalue weighted by Crippen LogP contribution is -2.23. The summed E-state index contributed by atoms with van der Waals surface area (Å²) in [5.74, 6) is 0.819. The molecule has 0 radical (unpaired) electrons. The molecule has 5 rings (SSSR count). The van der Waals surface area contributed by atoms with E-state index in [1.54, 1.807) is 16.9 Å². The monoisotopic (exact) mass is 414 g/mol. The van der Waals surface area contributed by atoms with Gasteiger partial charge < -0.3 is 9.84 Å². The molecule has 1 amide bonds. The second-order valence-electron chi connectivity index (χ2n) is 7.73. The fourth-order valence-electron chi connectivity index (χ4n) is 3.95. The van der Waals surface area contributed by atoms with E-state index in [1.165, 1.54) is 5.56 Å². The zero-order chi connectivity index (χ0) is 21.4. The maximum Gasteiger partial charge on any atom is 0.255 e. The smallest absolute Gasteiger partial charge is 0.255 e. The standard InChI is InChI=1S/C23H22N6O2/c1-14-10-18(31-28-14)12-24-22(30)20-13-26-29(15(20)2)23-25-11-17-8-5-7-16-6-3-4-9-19(16)21(17)27-23/h3-4,6,9-11,13H,5,7-8,12H2,1-2H3,(H,24,30). The molecule has 0 fully saturated rings. The highest BCUT2D eigenvalue weighted by Gasteiger charge is 2.20. The van der Waals surface area contributed by atoms with E-state index in [2.05, 4.69) is 38.8 Å². The minimum atomic E-state index is -0.238. The Hall–Kier alpha value is -3.81. The van der Waals surface area contributed by atoms with Crippen LogP contribution in [0, 0.1) is 13.8 Å². The molecule has 8 nitrogen and oxygen atoms in total. The molecule has 4 aromatic rings. The molecule has 8 heteroatoms. The molecule has 0 unspecified atom stereocenters. The molecule has 0 atom stereocenters. The summed E-state index contributed by atoms with van der Waals surface area (Å²) in [6.45, 7) is 3.93. The van der Waals surface area contributed by atoms with Crippen molar-refractivity contribution in [3.63, 3.8) is 0 Å². The van der Waals surface area contributed by atoms with Gasteiger partial charge in [0, 0.05) is 17.8 Å². The van der Waals surface area contributed by atoms with Crippen LogP contribution in [0.25, 0.3) is 17.2 Å². The largest absolute Gasteiger partial charge is 0.359 e. The molecule has 0 saturated carbocycles. The molecule has 1 N–H and O–H groups in total. The Balaban J connectivity index is 1.44. The van der Waals surface area contributed by atoms with Gasteiger partial charge in [0.2, 0.25) is 0 Å².